The second kappa shape index (κ2) is 6.76. The monoisotopic (exact) mass is 333 g/mol. The highest BCUT2D eigenvalue weighted by molar-refractivity contribution is 5.94. The molecule has 0 aliphatic carbocycles. The molecule has 6 heteroatoms. The van der Waals surface area contributed by atoms with E-state index in [4.69, 9.17) is 0 Å². The fraction of sp³-hybridized carbons (Fsp3) is 0.211. The average molecular weight is 333 g/mol. The normalized spacial score (nSPS) is 14.6. The summed E-state index contributed by atoms with van der Waals surface area (Å²) >= 11 is 0. The minimum absolute atomic E-state index is 0.0766. The molecule has 1 amide bonds. The smallest absolute Gasteiger partial charge is 0.253 e. The molecule has 2 aromatic heterocycles. The van der Waals surface area contributed by atoms with E-state index in [-0.39, 0.29) is 5.91 Å². The molecular formula is C19H19N5O. The van der Waals surface area contributed by atoms with Crippen molar-refractivity contribution in [3.63, 3.8) is 0 Å². The summed E-state index contributed by atoms with van der Waals surface area (Å²) in [5.74, 6) is 1.05. The summed E-state index contributed by atoms with van der Waals surface area (Å²) in [4.78, 5) is 21.2. The summed E-state index contributed by atoms with van der Waals surface area (Å²) in [5, 5.41) is 4.20. The Kier molecular flexibility index (Phi) is 4.16. The maximum atomic E-state index is 12.7. The van der Waals surface area contributed by atoms with Gasteiger partial charge < -0.3 is 9.80 Å². The molecule has 0 N–H and O–H groups in total. The van der Waals surface area contributed by atoms with Crippen molar-refractivity contribution in [3.05, 3.63) is 72.7 Å². The largest absolute Gasteiger partial charge is 0.353 e. The van der Waals surface area contributed by atoms with Crippen LogP contribution in [0.15, 0.2) is 67.1 Å². The Morgan fingerprint density at radius 3 is 2.32 bits per heavy atom. The standard InChI is InChI=1S/C19H19N5O/c25-19(16-5-7-17(8-6-16)24-11-3-10-21-24)23-14-12-22(13-15-23)18-4-1-2-9-20-18/h1-11H,12-15H2. The Labute approximate surface area is 146 Å². The first-order valence-electron chi connectivity index (χ1n) is 8.36. The van der Waals surface area contributed by atoms with Crippen molar-refractivity contribution in [2.75, 3.05) is 31.1 Å². The predicted molar refractivity (Wildman–Crippen MR) is 95.9 cm³/mol. The number of hydrogen-bond donors (Lipinski definition) is 0. The van der Waals surface area contributed by atoms with Gasteiger partial charge in [0.2, 0.25) is 0 Å². The summed E-state index contributed by atoms with van der Waals surface area (Å²) in [5.41, 5.74) is 1.66. The highest BCUT2D eigenvalue weighted by Gasteiger charge is 2.22. The Bertz CT molecular complexity index is 822. The summed E-state index contributed by atoms with van der Waals surface area (Å²) in [6.07, 6.45) is 5.42. The third-order valence-electron chi connectivity index (χ3n) is 4.42. The van der Waals surface area contributed by atoms with Crippen LogP contribution in [-0.2, 0) is 0 Å². The Balaban J connectivity index is 1.40. The molecule has 3 heterocycles. The van der Waals surface area contributed by atoms with E-state index in [1.54, 1.807) is 17.1 Å². The van der Waals surface area contributed by atoms with E-state index in [2.05, 4.69) is 15.0 Å². The van der Waals surface area contributed by atoms with Crippen LogP contribution in [0.5, 0.6) is 0 Å². The van der Waals surface area contributed by atoms with Gasteiger partial charge in [0.1, 0.15) is 5.82 Å². The minimum Gasteiger partial charge on any atom is -0.353 e. The van der Waals surface area contributed by atoms with Gasteiger partial charge in [0, 0.05) is 50.3 Å². The molecule has 0 saturated carbocycles. The zero-order valence-corrected chi connectivity index (χ0v) is 13.8. The third kappa shape index (κ3) is 3.24. The number of aromatic nitrogens is 3. The summed E-state index contributed by atoms with van der Waals surface area (Å²) in [7, 11) is 0. The summed E-state index contributed by atoms with van der Waals surface area (Å²) in [6.45, 7) is 3.01. The molecule has 0 bridgehead atoms. The van der Waals surface area contributed by atoms with Crippen LogP contribution in [0.1, 0.15) is 10.4 Å². The number of rotatable bonds is 3. The van der Waals surface area contributed by atoms with Gasteiger partial charge in [-0.1, -0.05) is 6.07 Å². The lowest BCUT2D eigenvalue weighted by atomic mass is 10.1. The van der Waals surface area contributed by atoms with Gasteiger partial charge in [0.25, 0.3) is 5.91 Å². The van der Waals surface area contributed by atoms with Crippen molar-refractivity contribution in [2.45, 2.75) is 0 Å². The summed E-state index contributed by atoms with van der Waals surface area (Å²) < 4.78 is 1.78. The number of benzene rings is 1. The topological polar surface area (TPSA) is 54.3 Å². The molecule has 0 spiro atoms. The first kappa shape index (κ1) is 15.4. The first-order valence-corrected chi connectivity index (χ1v) is 8.36. The van der Waals surface area contributed by atoms with Gasteiger partial charge in [-0.3, -0.25) is 4.79 Å². The van der Waals surface area contributed by atoms with Crippen molar-refractivity contribution < 1.29 is 4.79 Å². The highest BCUT2D eigenvalue weighted by Crippen LogP contribution is 2.15. The summed E-state index contributed by atoms with van der Waals surface area (Å²) in [6, 6.07) is 15.4. The van der Waals surface area contributed by atoms with Gasteiger partial charge in [-0.05, 0) is 42.5 Å². The number of amides is 1. The van der Waals surface area contributed by atoms with Gasteiger partial charge >= 0.3 is 0 Å². The zero-order valence-electron chi connectivity index (χ0n) is 13.8. The van der Waals surface area contributed by atoms with E-state index in [1.165, 1.54) is 0 Å². The number of piperazine rings is 1. The number of pyridine rings is 1. The van der Waals surface area contributed by atoms with Crippen LogP contribution in [0, 0.1) is 0 Å². The van der Waals surface area contributed by atoms with Crippen molar-refractivity contribution in [1.82, 2.24) is 19.7 Å². The fourth-order valence-electron chi connectivity index (χ4n) is 3.04. The molecule has 3 aromatic rings. The molecule has 0 unspecified atom stereocenters. The van der Waals surface area contributed by atoms with E-state index in [9.17, 15) is 4.79 Å². The lowest BCUT2D eigenvalue weighted by molar-refractivity contribution is 0.0746. The van der Waals surface area contributed by atoms with Crippen LogP contribution in [-0.4, -0.2) is 51.8 Å². The van der Waals surface area contributed by atoms with Crippen LogP contribution in [0.2, 0.25) is 0 Å². The van der Waals surface area contributed by atoms with Gasteiger partial charge in [-0.25, -0.2) is 9.67 Å². The molecule has 25 heavy (non-hydrogen) atoms. The fourth-order valence-corrected chi connectivity index (χ4v) is 3.04. The molecule has 1 aliphatic heterocycles. The molecule has 0 atom stereocenters. The Morgan fingerprint density at radius 2 is 1.68 bits per heavy atom. The number of carbonyl (C=O) groups excluding carboxylic acids is 1. The van der Waals surface area contributed by atoms with E-state index >= 15 is 0 Å². The van der Waals surface area contributed by atoms with E-state index in [0.29, 0.717) is 18.7 Å². The Morgan fingerprint density at radius 1 is 0.880 bits per heavy atom. The molecule has 1 saturated heterocycles. The number of nitrogens with zero attached hydrogens (tertiary/aromatic N) is 5. The maximum Gasteiger partial charge on any atom is 0.253 e. The molecule has 1 fully saturated rings. The highest BCUT2D eigenvalue weighted by atomic mass is 16.2. The van der Waals surface area contributed by atoms with Crippen molar-refractivity contribution >= 4 is 11.7 Å². The molecule has 0 radical (unpaired) electrons. The van der Waals surface area contributed by atoms with Gasteiger partial charge in [0.15, 0.2) is 0 Å². The van der Waals surface area contributed by atoms with Gasteiger partial charge in [0.05, 0.1) is 5.69 Å². The van der Waals surface area contributed by atoms with Crippen molar-refractivity contribution in [1.29, 1.82) is 0 Å². The molecule has 4 rings (SSSR count). The van der Waals surface area contributed by atoms with Crippen LogP contribution in [0.3, 0.4) is 0 Å². The quantitative estimate of drug-likeness (QED) is 0.737. The zero-order chi connectivity index (χ0) is 17.1. The van der Waals surface area contributed by atoms with Crippen molar-refractivity contribution in [2.24, 2.45) is 0 Å². The van der Waals surface area contributed by atoms with Crippen molar-refractivity contribution in [3.8, 4) is 5.69 Å². The van der Waals surface area contributed by atoms with E-state index < -0.39 is 0 Å². The molecule has 1 aromatic carbocycles. The van der Waals surface area contributed by atoms with Crippen LogP contribution < -0.4 is 4.90 Å². The number of anilines is 1. The molecule has 126 valence electrons. The number of carbonyl (C=O) groups is 1. The van der Waals surface area contributed by atoms with Crippen LogP contribution in [0.25, 0.3) is 5.69 Å². The lowest BCUT2D eigenvalue weighted by Gasteiger charge is -2.35. The molecule has 1 aliphatic rings. The lowest BCUT2D eigenvalue weighted by Crippen LogP contribution is -2.49. The molecular weight excluding hydrogens is 314 g/mol. The minimum atomic E-state index is 0.0766. The average Bonchev–Trinajstić information content (AvgIpc) is 3.23. The SMILES string of the molecule is O=C(c1ccc(-n2cccn2)cc1)N1CCN(c2ccccn2)CC1. The van der Waals surface area contributed by atoms with Crippen LogP contribution >= 0.6 is 0 Å². The van der Waals surface area contributed by atoms with E-state index in [0.717, 1.165) is 24.6 Å². The van der Waals surface area contributed by atoms with E-state index in [1.807, 2.05) is 59.6 Å². The third-order valence-corrected chi connectivity index (χ3v) is 4.42. The maximum absolute atomic E-state index is 12.7. The Hall–Kier alpha value is -3.15. The van der Waals surface area contributed by atoms with Gasteiger partial charge in [-0.2, -0.15) is 5.10 Å². The second-order valence-corrected chi connectivity index (χ2v) is 5.96. The molecule has 6 nitrogen and oxygen atoms in total. The second-order valence-electron chi connectivity index (χ2n) is 5.96. The number of hydrogen-bond acceptors (Lipinski definition) is 4. The van der Waals surface area contributed by atoms with Crippen LogP contribution in [0.4, 0.5) is 5.82 Å². The first-order chi connectivity index (χ1) is 12.3. The predicted octanol–water partition coefficient (Wildman–Crippen LogP) is 2.23. The van der Waals surface area contributed by atoms with Gasteiger partial charge in [-0.15, -0.1) is 0 Å².